The average molecular weight is 1100 g/mol. The Labute approximate surface area is 489 Å². The van der Waals surface area contributed by atoms with E-state index < -0.39 is 6.10 Å². The molecule has 0 saturated carbocycles. The molecule has 0 aromatic heterocycles. The summed E-state index contributed by atoms with van der Waals surface area (Å²) < 4.78 is 16.9. The van der Waals surface area contributed by atoms with Gasteiger partial charge >= 0.3 is 17.9 Å². The van der Waals surface area contributed by atoms with Crippen LogP contribution in [-0.2, 0) is 28.6 Å². The van der Waals surface area contributed by atoms with Crippen LogP contribution >= 0.6 is 0 Å². The lowest BCUT2D eigenvalue weighted by molar-refractivity contribution is -0.167. The zero-order valence-corrected chi connectivity index (χ0v) is 52.1. The highest BCUT2D eigenvalue weighted by molar-refractivity contribution is 5.71. The lowest BCUT2D eigenvalue weighted by atomic mass is 10.0. The fraction of sp³-hybridized carbons (Fsp3) is 0.740. The molecule has 0 aliphatic heterocycles. The van der Waals surface area contributed by atoms with E-state index in [0.717, 1.165) is 122 Å². The zero-order chi connectivity index (χ0) is 57.1. The number of ether oxygens (including phenoxy) is 3. The highest BCUT2D eigenvalue weighted by Crippen LogP contribution is 2.17. The predicted octanol–water partition coefficient (Wildman–Crippen LogP) is 23.2. The summed E-state index contributed by atoms with van der Waals surface area (Å²) in [6.07, 6.45) is 90.0. The van der Waals surface area contributed by atoms with Crippen LogP contribution in [0.2, 0.25) is 0 Å². The Morgan fingerprint density at radius 3 is 0.785 bits per heavy atom. The Morgan fingerprint density at radius 1 is 0.266 bits per heavy atom. The summed E-state index contributed by atoms with van der Waals surface area (Å²) in [7, 11) is 0. The number of rotatable bonds is 61. The van der Waals surface area contributed by atoms with Crippen LogP contribution in [0.15, 0.2) is 97.2 Å². The maximum absolute atomic E-state index is 12.9. The minimum absolute atomic E-state index is 0.0921. The first kappa shape index (κ1) is 75.3. The van der Waals surface area contributed by atoms with Gasteiger partial charge in [0, 0.05) is 19.3 Å². The second-order valence-corrected chi connectivity index (χ2v) is 22.3. The molecule has 0 spiro atoms. The molecule has 0 aromatic rings. The van der Waals surface area contributed by atoms with E-state index in [2.05, 4.69) is 118 Å². The van der Waals surface area contributed by atoms with E-state index in [0.29, 0.717) is 12.8 Å². The molecule has 0 radical (unpaired) electrons. The maximum atomic E-state index is 12.9. The molecule has 1 unspecified atom stereocenters. The van der Waals surface area contributed by atoms with Crippen molar-refractivity contribution < 1.29 is 28.6 Å². The van der Waals surface area contributed by atoms with Gasteiger partial charge in [0.2, 0.25) is 0 Å². The van der Waals surface area contributed by atoms with Crippen molar-refractivity contribution in [2.75, 3.05) is 13.2 Å². The zero-order valence-electron chi connectivity index (χ0n) is 52.1. The molecule has 0 rings (SSSR count). The standard InChI is InChI=1S/C73H126O6/c1-4-7-10-13-16-19-22-25-28-31-33-34-35-36-37-38-40-42-45-48-51-54-57-60-63-66-72(75)78-69-70(68-77-71(74)65-62-59-56-53-50-47-44-41-30-27-24-21-18-15-12-9-6-3)79-73(76)67-64-61-58-55-52-49-46-43-39-32-29-26-23-20-17-14-11-8-5-2/h8-9,11-12,17-18,20-21,26-27,29-30,39,43,49,52,70H,4-7,10,13-16,19,22-25,28,31-38,40-42,44-48,50-51,53-69H2,1-3H3/b11-8-,12-9-,20-17-,21-18-,29-26-,30-27-,43-39-,52-49-. The minimum Gasteiger partial charge on any atom is -0.462 e. The monoisotopic (exact) mass is 1100 g/mol. The topological polar surface area (TPSA) is 78.9 Å². The summed E-state index contributed by atoms with van der Waals surface area (Å²) >= 11 is 0. The summed E-state index contributed by atoms with van der Waals surface area (Å²) in [6.45, 7) is 6.42. The maximum Gasteiger partial charge on any atom is 0.306 e. The number of carbonyl (C=O) groups is 3. The van der Waals surface area contributed by atoms with Crippen LogP contribution in [0, 0.1) is 0 Å². The molecule has 0 saturated heterocycles. The van der Waals surface area contributed by atoms with Gasteiger partial charge < -0.3 is 14.2 Å². The molecule has 79 heavy (non-hydrogen) atoms. The third-order valence-corrected chi connectivity index (χ3v) is 14.6. The van der Waals surface area contributed by atoms with Crippen molar-refractivity contribution in [2.45, 2.75) is 335 Å². The van der Waals surface area contributed by atoms with Gasteiger partial charge in [-0.1, -0.05) is 311 Å². The molecule has 0 amide bonds. The summed E-state index contributed by atoms with van der Waals surface area (Å²) in [6, 6.07) is 0. The molecule has 1 atom stereocenters. The normalized spacial score (nSPS) is 12.7. The fourth-order valence-corrected chi connectivity index (χ4v) is 9.60. The van der Waals surface area contributed by atoms with Crippen molar-refractivity contribution in [3.8, 4) is 0 Å². The van der Waals surface area contributed by atoms with Gasteiger partial charge in [0.05, 0.1) is 0 Å². The van der Waals surface area contributed by atoms with Crippen molar-refractivity contribution in [3.05, 3.63) is 97.2 Å². The second kappa shape index (κ2) is 66.8. The van der Waals surface area contributed by atoms with E-state index in [1.54, 1.807) is 0 Å². The number of hydrogen-bond acceptors (Lipinski definition) is 6. The van der Waals surface area contributed by atoms with Gasteiger partial charge in [-0.2, -0.15) is 0 Å². The Balaban J connectivity index is 4.37. The molecule has 0 aliphatic rings. The molecule has 6 nitrogen and oxygen atoms in total. The predicted molar refractivity (Wildman–Crippen MR) is 344 cm³/mol. The van der Waals surface area contributed by atoms with Gasteiger partial charge in [-0.15, -0.1) is 0 Å². The summed E-state index contributed by atoms with van der Waals surface area (Å²) in [5, 5.41) is 0. The summed E-state index contributed by atoms with van der Waals surface area (Å²) in [5.41, 5.74) is 0. The highest BCUT2D eigenvalue weighted by Gasteiger charge is 2.19. The van der Waals surface area contributed by atoms with Crippen molar-refractivity contribution in [1.29, 1.82) is 0 Å². The van der Waals surface area contributed by atoms with Crippen LogP contribution in [0.5, 0.6) is 0 Å². The third-order valence-electron chi connectivity index (χ3n) is 14.6. The molecule has 454 valence electrons. The van der Waals surface area contributed by atoms with E-state index in [9.17, 15) is 14.4 Å². The van der Waals surface area contributed by atoms with E-state index in [1.165, 1.54) is 167 Å². The highest BCUT2D eigenvalue weighted by atomic mass is 16.6. The molecular weight excluding hydrogens is 973 g/mol. The molecule has 0 heterocycles. The van der Waals surface area contributed by atoms with Crippen LogP contribution in [0.1, 0.15) is 329 Å². The number of hydrogen-bond donors (Lipinski definition) is 0. The van der Waals surface area contributed by atoms with Crippen LogP contribution in [0.4, 0.5) is 0 Å². The Kier molecular flexibility index (Phi) is 63.7. The van der Waals surface area contributed by atoms with Crippen LogP contribution < -0.4 is 0 Å². The smallest absolute Gasteiger partial charge is 0.306 e. The number of esters is 3. The van der Waals surface area contributed by atoms with E-state index >= 15 is 0 Å². The summed E-state index contributed by atoms with van der Waals surface area (Å²) in [4.78, 5) is 38.4. The first-order chi connectivity index (χ1) is 39.0. The van der Waals surface area contributed by atoms with Gasteiger partial charge in [-0.25, -0.2) is 0 Å². The molecule has 0 N–H and O–H groups in total. The minimum atomic E-state index is -0.801. The van der Waals surface area contributed by atoms with E-state index in [1.807, 2.05) is 0 Å². The molecule has 0 bridgehead atoms. The third kappa shape index (κ3) is 65.0. The number of unbranched alkanes of at least 4 members (excludes halogenated alkanes) is 34. The summed E-state index contributed by atoms with van der Waals surface area (Å²) in [5.74, 6) is -0.921. The molecule has 0 aliphatic carbocycles. The van der Waals surface area contributed by atoms with Gasteiger partial charge in [0.15, 0.2) is 6.10 Å². The molecule has 0 fully saturated rings. The van der Waals surface area contributed by atoms with Gasteiger partial charge in [-0.3, -0.25) is 14.4 Å². The second-order valence-electron chi connectivity index (χ2n) is 22.3. The molecular formula is C73H126O6. The van der Waals surface area contributed by atoms with Gasteiger partial charge in [0.1, 0.15) is 13.2 Å². The number of carbonyl (C=O) groups excluding carboxylic acids is 3. The van der Waals surface area contributed by atoms with Crippen molar-refractivity contribution >= 4 is 17.9 Å². The molecule has 6 heteroatoms. The Hall–Kier alpha value is -3.67. The number of allylic oxidation sites excluding steroid dienone is 16. The lowest BCUT2D eigenvalue weighted by Gasteiger charge is -2.18. The van der Waals surface area contributed by atoms with Crippen LogP contribution in [0.3, 0.4) is 0 Å². The largest absolute Gasteiger partial charge is 0.462 e. The fourth-order valence-electron chi connectivity index (χ4n) is 9.60. The Bertz CT molecular complexity index is 1540. The first-order valence-electron chi connectivity index (χ1n) is 33.7. The van der Waals surface area contributed by atoms with Gasteiger partial charge in [0.25, 0.3) is 0 Å². The van der Waals surface area contributed by atoms with Crippen molar-refractivity contribution in [3.63, 3.8) is 0 Å². The van der Waals surface area contributed by atoms with Crippen LogP contribution in [-0.4, -0.2) is 37.2 Å². The van der Waals surface area contributed by atoms with E-state index in [-0.39, 0.29) is 37.5 Å². The Morgan fingerprint density at radius 2 is 0.494 bits per heavy atom. The van der Waals surface area contributed by atoms with Crippen LogP contribution in [0.25, 0.3) is 0 Å². The first-order valence-corrected chi connectivity index (χ1v) is 33.7. The average Bonchev–Trinajstić information content (AvgIpc) is 3.45. The van der Waals surface area contributed by atoms with Crippen molar-refractivity contribution in [2.24, 2.45) is 0 Å². The quantitative estimate of drug-likeness (QED) is 0.0261. The lowest BCUT2D eigenvalue weighted by Crippen LogP contribution is -2.30. The van der Waals surface area contributed by atoms with Crippen molar-refractivity contribution in [1.82, 2.24) is 0 Å². The van der Waals surface area contributed by atoms with Gasteiger partial charge in [-0.05, 0) is 96.3 Å². The molecule has 0 aromatic carbocycles. The SMILES string of the molecule is CC/C=C\C/C=C\C/C=C\C/C=C\C/C=C\CCCCCC(=O)OC(COC(=O)CCCCCCCCC/C=C\C/C=C\C/C=C\CC)COC(=O)CCCCCCCCCCCCCCCCCCCCCCCCCCC. The van der Waals surface area contributed by atoms with E-state index in [4.69, 9.17) is 14.2 Å².